The molecule has 0 radical (unpaired) electrons. The van der Waals surface area contributed by atoms with Gasteiger partial charge in [0.25, 0.3) is 0 Å². The first kappa shape index (κ1) is 26.3. The first-order valence-corrected chi connectivity index (χ1v) is 15.2. The zero-order chi connectivity index (χ0) is 24.2. The maximum Gasteiger partial charge on any atom is -0.00991 e. The van der Waals surface area contributed by atoms with Crippen molar-refractivity contribution in [2.75, 3.05) is 6.16 Å². The van der Waals surface area contributed by atoms with Gasteiger partial charge in [0.05, 0.1) is 0 Å². The van der Waals surface area contributed by atoms with Crippen molar-refractivity contribution >= 4 is 37.1 Å². The van der Waals surface area contributed by atoms with Crippen LogP contribution in [0, 0.1) is 0 Å². The maximum absolute atomic E-state index is 2.33. The summed E-state index contributed by atoms with van der Waals surface area (Å²) >= 11 is 0. The lowest BCUT2D eigenvalue weighted by Crippen LogP contribution is -2.26. The fourth-order valence-corrected chi connectivity index (χ4v) is 9.32. The quantitative estimate of drug-likeness (QED) is 0.234. The third kappa shape index (κ3) is 7.91. The fourth-order valence-electron chi connectivity index (χ4n) is 4.02. The van der Waals surface area contributed by atoms with Gasteiger partial charge in [-0.05, 0) is 54.8 Å². The summed E-state index contributed by atoms with van der Waals surface area (Å²) in [5, 5.41) is 6.21. The van der Waals surface area contributed by atoms with Gasteiger partial charge in [-0.25, -0.2) is 0 Å². The molecule has 0 saturated carbocycles. The molecule has 0 amide bonds. The van der Waals surface area contributed by atoms with Crippen LogP contribution in [-0.4, -0.2) is 11.3 Å². The molecule has 0 fully saturated rings. The minimum atomic E-state index is -0.292. The maximum atomic E-state index is 2.33. The van der Waals surface area contributed by atoms with Crippen LogP contribution in [0.15, 0.2) is 121 Å². The van der Waals surface area contributed by atoms with Crippen molar-refractivity contribution in [3.63, 3.8) is 0 Å². The van der Waals surface area contributed by atoms with E-state index < -0.39 is 0 Å². The summed E-state index contributed by atoms with van der Waals surface area (Å²) in [5.41, 5.74) is 0. The van der Waals surface area contributed by atoms with E-state index in [1.165, 1.54) is 40.2 Å². The Labute approximate surface area is 210 Å². The molecule has 4 aromatic rings. The van der Waals surface area contributed by atoms with E-state index in [2.05, 4.69) is 149 Å². The third-order valence-electron chi connectivity index (χ3n) is 5.57. The Morgan fingerprint density at radius 2 is 0.824 bits per heavy atom. The zero-order valence-electron chi connectivity index (χ0n) is 21.1. The first-order chi connectivity index (χ1) is 16.5. The number of hydrogen-bond acceptors (Lipinski definition) is 0. The van der Waals surface area contributed by atoms with Crippen LogP contribution in [0.5, 0.6) is 0 Å². The number of benzene rings is 4. The molecule has 0 aliphatic heterocycles. The SMILES string of the molecule is CC(C)(C)P(c1ccccc1)c1ccccc1.CCCCP(c1ccccc1)c1ccccc1. The molecule has 2 heteroatoms. The van der Waals surface area contributed by atoms with Crippen LogP contribution in [0.2, 0.25) is 0 Å². The molecule has 0 bridgehead atoms. The Balaban J connectivity index is 0.000000191. The molecule has 0 atom stereocenters. The molecule has 0 nitrogen and oxygen atoms in total. The smallest absolute Gasteiger partial charge is 0.00991 e. The average molecular weight is 485 g/mol. The van der Waals surface area contributed by atoms with Crippen LogP contribution in [-0.2, 0) is 0 Å². The van der Waals surface area contributed by atoms with E-state index in [1.807, 2.05) is 0 Å². The van der Waals surface area contributed by atoms with Crippen LogP contribution < -0.4 is 21.2 Å². The van der Waals surface area contributed by atoms with Gasteiger partial charge in [-0.2, -0.15) is 0 Å². The van der Waals surface area contributed by atoms with E-state index in [9.17, 15) is 0 Å². The summed E-state index contributed by atoms with van der Waals surface area (Å²) in [6, 6.07) is 43.6. The van der Waals surface area contributed by atoms with Gasteiger partial charge in [-0.3, -0.25) is 0 Å². The molecule has 0 unspecified atom stereocenters. The Morgan fingerprint density at radius 3 is 1.12 bits per heavy atom. The van der Waals surface area contributed by atoms with Gasteiger partial charge in [0.1, 0.15) is 0 Å². The van der Waals surface area contributed by atoms with Gasteiger partial charge < -0.3 is 0 Å². The molecule has 0 aromatic heterocycles. The molecule has 0 spiro atoms. The first-order valence-electron chi connectivity index (χ1n) is 12.3. The summed E-state index contributed by atoms with van der Waals surface area (Å²) in [4.78, 5) is 0. The van der Waals surface area contributed by atoms with Crippen molar-refractivity contribution in [2.24, 2.45) is 0 Å². The molecular weight excluding hydrogens is 446 g/mol. The van der Waals surface area contributed by atoms with Gasteiger partial charge in [0, 0.05) is 0 Å². The molecule has 4 aromatic carbocycles. The second-order valence-electron chi connectivity index (χ2n) is 9.35. The molecule has 0 heterocycles. The van der Waals surface area contributed by atoms with Crippen LogP contribution in [0.25, 0.3) is 0 Å². The predicted octanol–water partition coefficient (Wildman–Crippen LogP) is 7.84. The molecule has 4 rings (SSSR count). The Morgan fingerprint density at radius 1 is 0.500 bits per heavy atom. The van der Waals surface area contributed by atoms with E-state index >= 15 is 0 Å². The lowest BCUT2D eigenvalue weighted by molar-refractivity contribution is 0.793. The van der Waals surface area contributed by atoms with Gasteiger partial charge >= 0.3 is 0 Å². The number of rotatable bonds is 7. The van der Waals surface area contributed by atoms with Crippen molar-refractivity contribution in [1.29, 1.82) is 0 Å². The van der Waals surface area contributed by atoms with E-state index in [1.54, 1.807) is 0 Å². The minimum Gasteiger partial charge on any atom is -0.0654 e. The summed E-state index contributed by atoms with van der Waals surface area (Å²) < 4.78 is 0. The van der Waals surface area contributed by atoms with Gasteiger partial charge in [0.2, 0.25) is 0 Å². The van der Waals surface area contributed by atoms with E-state index in [4.69, 9.17) is 0 Å². The molecule has 34 heavy (non-hydrogen) atoms. The second kappa shape index (κ2) is 13.6. The van der Waals surface area contributed by atoms with Crippen molar-refractivity contribution in [3.05, 3.63) is 121 Å². The van der Waals surface area contributed by atoms with Gasteiger partial charge in [-0.1, -0.05) is 155 Å². The molecule has 0 saturated heterocycles. The molecular formula is C32H38P2. The highest BCUT2D eigenvalue weighted by Gasteiger charge is 2.26. The van der Waals surface area contributed by atoms with Crippen LogP contribution >= 0.6 is 15.8 Å². The van der Waals surface area contributed by atoms with E-state index in [0.717, 1.165) is 0 Å². The molecule has 176 valence electrons. The largest absolute Gasteiger partial charge is 0.0654 e. The standard InChI is InChI=1S/2C16H19P/c1-16(2,3)17(14-10-6-4-7-11-14)15-12-8-5-9-13-15;1-2-3-14-17(15-10-6-4-7-11-15)16-12-8-5-9-13-16/h4-13H,1-3H3;4-13H,2-3,14H2,1H3. The van der Waals surface area contributed by atoms with Crippen LogP contribution in [0.4, 0.5) is 0 Å². The van der Waals surface area contributed by atoms with E-state index in [0.29, 0.717) is 0 Å². The minimum absolute atomic E-state index is 0.157. The predicted molar refractivity (Wildman–Crippen MR) is 158 cm³/mol. The molecule has 0 aliphatic carbocycles. The fraction of sp³-hybridized carbons (Fsp3) is 0.250. The van der Waals surface area contributed by atoms with Crippen molar-refractivity contribution in [3.8, 4) is 0 Å². The van der Waals surface area contributed by atoms with Gasteiger partial charge in [-0.15, -0.1) is 0 Å². The summed E-state index contributed by atoms with van der Waals surface area (Å²) in [6.07, 6.45) is 3.90. The third-order valence-corrected chi connectivity index (χ3v) is 11.1. The van der Waals surface area contributed by atoms with Crippen molar-refractivity contribution in [1.82, 2.24) is 0 Å². The Kier molecular flexibility index (Phi) is 10.5. The monoisotopic (exact) mass is 484 g/mol. The van der Waals surface area contributed by atoms with Crippen molar-refractivity contribution < 1.29 is 0 Å². The average Bonchev–Trinajstić information content (AvgIpc) is 2.87. The topological polar surface area (TPSA) is 0 Å². The highest BCUT2D eigenvalue weighted by Crippen LogP contribution is 2.47. The van der Waals surface area contributed by atoms with Gasteiger partial charge in [0.15, 0.2) is 0 Å². The number of hydrogen-bond donors (Lipinski definition) is 0. The highest BCUT2D eigenvalue weighted by atomic mass is 31.1. The summed E-state index contributed by atoms with van der Waals surface area (Å²) in [7, 11) is -0.449. The van der Waals surface area contributed by atoms with Crippen molar-refractivity contribution in [2.45, 2.75) is 45.7 Å². The normalized spacial score (nSPS) is 11.2. The van der Waals surface area contributed by atoms with Crippen LogP contribution in [0.1, 0.15) is 40.5 Å². The second-order valence-corrected chi connectivity index (χ2v) is 14.7. The number of unbranched alkanes of at least 4 members (excludes halogenated alkanes) is 1. The summed E-state index contributed by atoms with van der Waals surface area (Å²) in [5.74, 6) is 0. The highest BCUT2D eigenvalue weighted by molar-refractivity contribution is 7.74. The Bertz CT molecular complexity index is 977. The molecule has 0 aliphatic rings. The summed E-state index contributed by atoms with van der Waals surface area (Å²) in [6.45, 7) is 9.26. The molecule has 0 N–H and O–H groups in total. The lowest BCUT2D eigenvalue weighted by Gasteiger charge is -2.32. The Hall–Kier alpha value is -2.26. The zero-order valence-corrected chi connectivity index (χ0v) is 22.9. The van der Waals surface area contributed by atoms with Crippen LogP contribution in [0.3, 0.4) is 0 Å². The van der Waals surface area contributed by atoms with E-state index in [-0.39, 0.29) is 21.0 Å². The lowest BCUT2D eigenvalue weighted by atomic mass is 10.3.